The van der Waals surface area contributed by atoms with E-state index in [2.05, 4.69) is 10.5 Å². The molecule has 0 spiro atoms. The molecule has 116 valence electrons. The van der Waals surface area contributed by atoms with Crippen LogP contribution >= 0.6 is 0 Å². The van der Waals surface area contributed by atoms with Gasteiger partial charge in [0.05, 0.1) is 6.42 Å². The monoisotopic (exact) mass is 305 g/mol. The van der Waals surface area contributed by atoms with Crippen LogP contribution in [0.15, 0.2) is 28.8 Å². The maximum atomic E-state index is 11.8. The number of aromatic nitrogens is 1. The first-order chi connectivity index (χ1) is 10.5. The average Bonchev–Trinajstić information content (AvgIpc) is 2.90. The third kappa shape index (κ3) is 3.60. The SMILES string of the molecule is CNC(=O)NC(=O)[C@@H](C)OC(=O)Cc1noc2ccccc12. The van der Waals surface area contributed by atoms with Crippen molar-refractivity contribution >= 4 is 28.9 Å². The smallest absolute Gasteiger partial charge is 0.321 e. The standard InChI is InChI=1S/C14H15N3O5/c1-8(13(19)16-14(20)15-2)21-12(18)7-10-9-5-3-4-6-11(9)22-17-10/h3-6,8H,7H2,1-2H3,(H2,15,16,19,20)/t8-/m1/s1. The lowest BCUT2D eigenvalue weighted by Crippen LogP contribution is -2.43. The molecule has 0 aliphatic rings. The van der Waals surface area contributed by atoms with Gasteiger partial charge in [-0.2, -0.15) is 0 Å². The Morgan fingerprint density at radius 3 is 2.77 bits per heavy atom. The number of esters is 1. The Morgan fingerprint density at radius 2 is 2.05 bits per heavy atom. The molecule has 0 aliphatic carbocycles. The lowest BCUT2D eigenvalue weighted by atomic mass is 10.2. The van der Waals surface area contributed by atoms with Gasteiger partial charge in [-0.1, -0.05) is 17.3 Å². The fraction of sp³-hybridized carbons (Fsp3) is 0.286. The third-order valence-electron chi connectivity index (χ3n) is 2.91. The number of carbonyl (C=O) groups excluding carboxylic acids is 3. The molecule has 2 N–H and O–H groups in total. The van der Waals surface area contributed by atoms with Crippen LogP contribution in [0.5, 0.6) is 0 Å². The number of ether oxygens (including phenoxy) is 1. The van der Waals surface area contributed by atoms with Crippen LogP contribution in [0.25, 0.3) is 11.0 Å². The molecular weight excluding hydrogens is 290 g/mol. The second kappa shape index (κ2) is 6.70. The summed E-state index contributed by atoms with van der Waals surface area (Å²) in [5.74, 6) is -1.35. The molecule has 0 fully saturated rings. The van der Waals surface area contributed by atoms with E-state index in [1.165, 1.54) is 14.0 Å². The van der Waals surface area contributed by atoms with Gasteiger partial charge in [-0.05, 0) is 19.1 Å². The highest BCUT2D eigenvalue weighted by atomic mass is 16.5. The van der Waals surface area contributed by atoms with Gasteiger partial charge in [0.15, 0.2) is 11.7 Å². The summed E-state index contributed by atoms with van der Waals surface area (Å²) in [5.41, 5.74) is 0.996. The largest absolute Gasteiger partial charge is 0.452 e. The van der Waals surface area contributed by atoms with Gasteiger partial charge in [0.2, 0.25) is 0 Å². The molecule has 0 unspecified atom stereocenters. The lowest BCUT2D eigenvalue weighted by Gasteiger charge is -2.12. The Labute approximate surface area is 125 Å². The molecule has 0 saturated heterocycles. The molecule has 1 atom stereocenters. The molecule has 22 heavy (non-hydrogen) atoms. The summed E-state index contributed by atoms with van der Waals surface area (Å²) in [6.07, 6.45) is -1.22. The highest BCUT2D eigenvalue weighted by Gasteiger charge is 2.21. The van der Waals surface area contributed by atoms with Gasteiger partial charge in [0, 0.05) is 12.4 Å². The van der Waals surface area contributed by atoms with Crippen molar-refractivity contribution in [2.75, 3.05) is 7.05 Å². The number of benzene rings is 1. The van der Waals surface area contributed by atoms with Crippen molar-refractivity contribution in [3.8, 4) is 0 Å². The maximum Gasteiger partial charge on any atom is 0.321 e. The van der Waals surface area contributed by atoms with Crippen LogP contribution in [0.3, 0.4) is 0 Å². The van der Waals surface area contributed by atoms with E-state index in [1.54, 1.807) is 24.3 Å². The topological polar surface area (TPSA) is 111 Å². The number of nitrogens with zero attached hydrogens (tertiary/aromatic N) is 1. The van der Waals surface area contributed by atoms with Crippen LogP contribution in [0, 0.1) is 0 Å². The van der Waals surface area contributed by atoms with Gasteiger partial charge >= 0.3 is 12.0 Å². The summed E-state index contributed by atoms with van der Waals surface area (Å²) in [7, 11) is 1.37. The number of urea groups is 1. The molecule has 8 heteroatoms. The second-order valence-corrected chi connectivity index (χ2v) is 4.50. The minimum Gasteiger partial charge on any atom is -0.452 e. The number of fused-ring (bicyclic) bond motifs is 1. The number of hydrogen-bond donors (Lipinski definition) is 2. The van der Waals surface area contributed by atoms with Crippen LogP contribution in [0.1, 0.15) is 12.6 Å². The van der Waals surface area contributed by atoms with E-state index in [9.17, 15) is 14.4 Å². The van der Waals surface area contributed by atoms with Gasteiger partial charge in [-0.3, -0.25) is 14.9 Å². The first kappa shape index (κ1) is 15.5. The number of para-hydroxylation sites is 1. The van der Waals surface area contributed by atoms with Crippen LogP contribution in [-0.2, 0) is 20.7 Å². The van der Waals surface area contributed by atoms with Crippen molar-refractivity contribution in [3.05, 3.63) is 30.0 Å². The van der Waals surface area contributed by atoms with E-state index in [4.69, 9.17) is 9.26 Å². The predicted molar refractivity (Wildman–Crippen MR) is 75.9 cm³/mol. The van der Waals surface area contributed by atoms with E-state index in [0.717, 1.165) is 0 Å². The summed E-state index contributed by atoms with van der Waals surface area (Å²) in [6, 6.07) is 6.43. The molecule has 2 aromatic rings. The number of amides is 3. The van der Waals surface area contributed by atoms with Crippen LogP contribution < -0.4 is 10.6 Å². The van der Waals surface area contributed by atoms with Crippen molar-refractivity contribution in [2.45, 2.75) is 19.4 Å². The van der Waals surface area contributed by atoms with Gasteiger partial charge in [-0.15, -0.1) is 0 Å². The fourth-order valence-corrected chi connectivity index (χ4v) is 1.77. The fourth-order valence-electron chi connectivity index (χ4n) is 1.77. The molecule has 1 heterocycles. The minimum absolute atomic E-state index is 0.130. The van der Waals surface area contributed by atoms with Gasteiger partial charge in [-0.25, -0.2) is 4.79 Å². The summed E-state index contributed by atoms with van der Waals surface area (Å²) in [4.78, 5) is 34.4. The van der Waals surface area contributed by atoms with E-state index in [0.29, 0.717) is 16.7 Å². The van der Waals surface area contributed by atoms with Crippen LogP contribution in [0.4, 0.5) is 4.79 Å². The van der Waals surface area contributed by atoms with E-state index >= 15 is 0 Å². The summed E-state index contributed by atoms with van der Waals surface area (Å²) < 4.78 is 10.0. The quantitative estimate of drug-likeness (QED) is 0.807. The average molecular weight is 305 g/mol. The molecule has 8 nitrogen and oxygen atoms in total. The highest BCUT2D eigenvalue weighted by Crippen LogP contribution is 2.18. The Kier molecular flexibility index (Phi) is 4.72. The molecule has 0 aliphatic heterocycles. The summed E-state index contributed by atoms with van der Waals surface area (Å²) >= 11 is 0. The minimum atomic E-state index is -1.09. The Bertz CT molecular complexity index is 709. The van der Waals surface area contributed by atoms with Crippen LogP contribution in [-0.4, -0.2) is 36.2 Å². The Morgan fingerprint density at radius 1 is 1.32 bits per heavy atom. The second-order valence-electron chi connectivity index (χ2n) is 4.50. The zero-order valence-corrected chi connectivity index (χ0v) is 12.1. The third-order valence-corrected chi connectivity index (χ3v) is 2.91. The molecule has 0 bridgehead atoms. The number of rotatable bonds is 4. The number of imide groups is 1. The van der Waals surface area contributed by atoms with E-state index < -0.39 is 24.0 Å². The van der Waals surface area contributed by atoms with Crippen molar-refractivity contribution in [3.63, 3.8) is 0 Å². The number of carbonyl (C=O) groups is 3. The highest BCUT2D eigenvalue weighted by molar-refractivity contribution is 5.97. The zero-order valence-electron chi connectivity index (χ0n) is 12.1. The van der Waals surface area contributed by atoms with E-state index in [-0.39, 0.29) is 6.42 Å². The number of nitrogens with one attached hydrogen (secondary N) is 2. The van der Waals surface area contributed by atoms with E-state index in [1.807, 2.05) is 5.32 Å². The molecule has 0 saturated carbocycles. The number of hydrogen-bond acceptors (Lipinski definition) is 6. The molecule has 3 amide bonds. The first-order valence-electron chi connectivity index (χ1n) is 6.56. The maximum absolute atomic E-state index is 11.8. The van der Waals surface area contributed by atoms with Gasteiger partial charge in [0.25, 0.3) is 5.91 Å². The van der Waals surface area contributed by atoms with Crippen molar-refractivity contribution < 1.29 is 23.6 Å². The Balaban J connectivity index is 1.95. The van der Waals surface area contributed by atoms with Crippen LogP contribution in [0.2, 0.25) is 0 Å². The predicted octanol–water partition coefficient (Wildman–Crippen LogP) is 0.758. The van der Waals surface area contributed by atoms with Crippen molar-refractivity contribution in [1.82, 2.24) is 15.8 Å². The molecule has 1 aromatic heterocycles. The molecule has 0 radical (unpaired) electrons. The summed E-state index contributed by atoms with van der Waals surface area (Å²) in [6.45, 7) is 1.37. The lowest BCUT2D eigenvalue weighted by molar-refractivity contribution is -0.153. The Hall–Kier alpha value is -2.90. The van der Waals surface area contributed by atoms with Crippen molar-refractivity contribution in [2.24, 2.45) is 0 Å². The molecular formula is C14H15N3O5. The van der Waals surface area contributed by atoms with Gasteiger partial charge in [0.1, 0.15) is 5.69 Å². The summed E-state index contributed by atoms with van der Waals surface area (Å²) in [5, 5.41) is 8.77. The first-order valence-corrected chi connectivity index (χ1v) is 6.56. The molecule has 2 rings (SSSR count). The van der Waals surface area contributed by atoms with Gasteiger partial charge < -0.3 is 14.6 Å². The van der Waals surface area contributed by atoms with Crippen molar-refractivity contribution in [1.29, 1.82) is 0 Å². The normalized spacial score (nSPS) is 11.7. The molecule has 1 aromatic carbocycles. The zero-order chi connectivity index (χ0) is 16.1.